The van der Waals surface area contributed by atoms with Crippen LogP contribution in [-0.2, 0) is 11.3 Å². The number of likely N-dealkylation sites (tertiary alicyclic amines) is 1. The Balaban J connectivity index is 1.45. The van der Waals surface area contributed by atoms with Crippen molar-refractivity contribution in [3.63, 3.8) is 0 Å². The fourth-order valence-corrected chi connectivity index (χ4v) is 5.86. The van der Waals surface area contributed by atoms with E-state index < -0.39 is 17.2 Å². The van der Waals surface area contributed by atoms with Crippen molar-refractivity contribution in [2.75, 3.05) is 13.1 Å². The first kappa shape index (κ1) is 18.1. The first-order chi connectivity index (χ1) is 13.5. The molecule has 6 heteroatoms. The fraction of sp³-hybridized carbons (Fsp3) is 0.409. The van der Waals surface area contributed by atoms with Crippen molar-refractivity contribution in [3.8, 4) is 0 Å². The third kappa shape index (κ3) is 2.52. The summed E-state index contributed by atoms with van der Waals surface area (Å²) in [6, 6.07) is 11.7. The zero-order valence-electron chi connectivity index (χ0n) is 15.4. The molecule has 0 saturated carbocycles. The molecule has 1 amide bonds. The van der Waals surface area contributed by atoms with Crippen molar-refractivity contribution < 1.29 is 13.6 Å². The molecule has 1 spiro atoms. The van der Waals surface area contributed by atoms with E-state index in [9.17, 15) is 13.6 Å². The second-order valence-electron chi connectivity index (χ2n) is 8.13. The van der Waals surface area contributed by atoms with E-state index in [0.29, 0.717) is 30.1 Å². The Morgan fingerprint density at radius 1 is 1.18 bits per heavy atom. The first-order valence-corrected chi connectivity index (χ1v) is 10.1. The summed E-state index contributed by atoms with van der Waals surface area (Å²) in [6.45, 7) is 1.92. The van der Waals surface area contributed by atoms with E-state index in [-0.39, 0.29) is 17.9 Å². The Bertz CT molecular complexity index is 952. The molecule has 0 aromatic heterocycles. The average Bonchev–Trinajstić information content (AvgIpc) is 3.29. The number of rotatable bonds is 3. The van der Waals surface area contributed by atoms with E-state index >= 15 is 0 Å². The van der Waals surface area contributed by atoms with Crippen LogP contribution >= 0.6 is 11.6 Å². The molecule has 0 bridgehead atoms. The van der Waals surface area contributed by atoms with Crippen LogP contribution < -0.4 is 0 Å². The standard InChI is InChI=1S/C22H21ClF2N2O/c23-16-5-1-4-14(10-16)12-26-13-15-11-19(17-6-2-7-18(24)20(17)25)27-9-3-8-22(15,27)21(26)28/h1-2,4-7,10,15,19H,3,8-9,11-13H2/t15-,19-,22-/m0/s1. The highest BCUT2D eigenvalue weighted by Gasteiger charge is 2.65. The minimum absolute atomic E-state index is 0.120. The molecule has 2 aromatic carbocycles. The highest BCUT2D eigenvalue weighted by atomic mass is 35.5. The Hall–Kier alpha value is -1.98. The average molecular weight is 403 g/mol. The minimum Gasteiger partial charge on any atom is -0.336 e. The van der Waals surface area contributed by atoms with E-state index in [1.807, 2.05) is 29.2 Å². The summed E-state index contributed by atoms with van der Waals surface area (Å²) < 4.78 is 28.3. The molecule has 3 heterocycles. The van der Waals surface area contributed by atoms with E-state index in [1.54, 1.807) is 12.1 Å². The van der Waals surface area contributed by atoms with Crippen LogP contribution in [0.2, 0.25) is 5.02 Å². The summed E-state index contributed by atoms with van der Waals surface area (Å²) in [6.07, 6.45) is 2.37. The maximum absolute atomic E-state index is 14.5. The summed E-state index contributed by atoms with van der Waals surface area (Å²) in [5.74, 6) is -1.35. The number of carbonyl (C=O) groups is 1. The number of nitrogens with zero attached hydrogens (tertiary/aromatic N) is 2. The molecule has 0 N–H and O–H groups in total. The van der Waals surface area contributed by atoms with Gasteiger partial charge in [-0.2, -0.15) is 0 Å². The second kappa shape index (κ2) is 6.53. The molecule has 3 aliphatic heterocycles. The monoisotopic (exact) mass is 402 g/mol. The predicted octanol–water partition coefficient (Wildman–Crippen LogP) is 4.56. The normalized spacial score (nSPS) is 29.4. The lowest BCUT2D eigenvalue weighted by molar-refractivity contribution is -0.137. The van der Waals surface area contributed by atoms with Gasteiger partial charge in [0.25, 0.3) is 0 Å². The van der Waals surface area contributed by atoms with Crippen LogP contribution in [0.4, 0.5) is 8.78 Å². The molecule has 146 valence electrons. The van der Waals surface area contributed by atoms with Gasteiger partial charge in [0.2, 0.25) is 5.91 Å². The second-order valence-corrected chi connectivity index (χ2v) is 8.56. The smallest absolute Gasteiger partial charge is 0.243 e. The van der Waals surface area contributed by atoms with Crippen LogP contribution in [0.25, 0.3) is 0 Å². The SMILES string of the molecule is O=C1N(Cc2cccc(Cl)c2)C[C@@H]2C[C@@H](c3cccc(F)c3F)N3CCC[C@@]123. The molecular formula is C22H21ClF2N2O. The van der Waals surface area contributed by atoms with E-state index in [1.165, 1.54) is 0 Å². The van der Waals surface area contributed by atoms with Crippen LogP contribution in [0.15, 0.2) is 42.5 Å². The van der Waals surface area contributed by atoms with Gasteiger partial charge < -0.3 is 4.90 Å². The van der Waals surface area contributed by atoms with Crippen LogP contribution in [0, 0.1) is 17.6 Å². The van der Waals surface area contributed by atoms with Crippen LogP contribution in [0.5, 0.6) is 0 Å². The van der Waals surface area contributed by atoms with Gasteiger partial charge in [0.15, 0.2) is 11.6 Å². The van der Waals surface area contributed by atoms with Gasteiger partial charge in [-0.25, -0.2) is 8.78 Å². The molecule has 0 aliphatic carbocycles. The quantitative estimate of drug-likeness (QED) is 0.751. The van der Waals surface area contributed by atoms with Gasteiger partial charge in [-0.3, -0.25) is 9.69 Å². The molecule has 2 aromatic rings. The highest BCUT2D eigenvalue weighted by molar-refractivity contribution is 6.30. The van der Waals surface area contributed by atoms with Gasteiger partial charge in [0, 0.05) is 35.6 Å². The number of benzene rings is 2. The first-order valence-electron chi connectivity index (χ1n) is 9.75. The summed E-state index contributed by atoms with van der Waals surface area (Å²) in [4.78, 5) is 17.6. The molecule has 3 saturated heterocycles. The third-order valence-electron chi connectivity index (χ3n) is 6.73. The zero-order chi connectivity index (χ0) is 19.5. The topological polar surface area (TPSA) is 23.6 Å². The molecular weight excluding hydrogens is 382 g/mol. The number of carbonyl (C=O) groups excluding carboxylic acids is 1. The lowest BCUT2D eigenvalue weighted by Crippen LogP contribution is -2.49. The summed E-state index contributed by atoms with van der Waals surface area (Å²) in [7, 11) is 0. The number of halogens is 3. The van der Waals surface area contributed by atoms with Gasteiger partial charge in [-0.15, -0.1) is 0 Å². The van der Waals surface area contributed by atoms with Crippen LogP contribution in [0.3, 0.4) is 0 Å². The van der Waals surface area contributed by atoms with Crippen molar-refractivity contribution in [3.05, 3.63) is 70.2 Å². The Kier molecular flexibility index (Phi) is 4.21. The lowest BCUT2D eigenvalue weighted by Gasteiger charge is -2.33. The number of hydrogen-bond acceptors (Lipinski definition) is 2. The molecule has 5 rings (SSSR count). The molecule has 0 unspecified atom stereocenters. The summed E-state index contributed by atoms with van der Waals surface area (Å²) in [5.41, 5.74) is 0.821. The maximum atomic E-state index is 14.5. The van der Waals surface area contributed by atoms with Gasteiger partial charge in [-0.1, -0.05) is 35.9 Å². The molecule has 3 atom stereocenters. The minimum atomic E-state index is -0.822. The molecule has 0 radical (unpaired) electrons. The Morgan fingerprint density at radius 2 is 2.00 bits per heavy atom. The maximum Gasteiger partial charge on any atom is 0.243 e. The molecule has 3 fully saturated rings. The molecule has 28 heavy (non-hydrogen) atoms. The Morgan fingerprint density at radius 3 is 2.82 bits per heavy atom. The van der Waals surface area contributed by atoms with Crippen molar-refractivity contribution in [1.82, 2.24) is 9.80 Å². The van der Waals surface area contributed by atoms with Crippen LogP contribution in [-0.4, -0.2) is 34.3 Å². The van der Waals surface area contributed by atoms with Gasteiger partial charge in [0.1, 0.15) is 5.54 Å². The van der Waals surface area contributed by atoms with Crippen molar-refractivity contribution in [1.29, 1.82) is 0 Å². The Labute approximate surface area is 167 Å². The molecule has 3 nitrogen and oxygen atoms in total. The third-order valence-corrected chi connectivity index (χ3v) is 6.97. The highest BCUT2D eigenvalue weighted by Crippen LogP contribution is 2.56. The molecule has 3 aliphatic rings. The largest absolute Gasteiger partial charge is 0.336 e. The number of amides is 1. The predicted molar refractivity (Wildman–Crippen MR) is 103 cm³/mol. The van der Waals surface area contributed by atoms with Gasteiger partial charge in [-0.05, 0) is 49.6 Å². The van der Waals surface area contributed by atoms with E-state index in [0.717, 1.165) is 31.0 Å². The lowest BCUT2D eigenvalue weighted by atomic mass is 9.85. The number of hydrogen-bond donors (Lipinski definition) is 0. The zero-order valence-corrected chi connectivity index (χ0v) is 16.1. The van der Waals surface area contributed by atoms with Gasteiger partial charge in [0.05, 0.1) is 0 Å². The fourth-order valence-electron chi connectivity index (χ4n) is 5.64. The summed E-state index contributed by atoms with van der Waals surface area (Å²) in [5, 5.41) is 0.659. The van der Waals surface area contributed by atoms with Gasteiger partial charge >= 0.3 is 0 Å². The van der Waals surface area contributed by atoms with Crippen molar-refractivity contribution in [2.24, 2.45) is 5.92 Å². The van der Waals surface area contributed by atoms with Crippen LogP contribution in [0.1, 0.15) is 36.4 Å². The summed E-state index contributed by atoms with van der Waals surface area (Å²) >= 11 is 6.09. The van der Waals surface area contributed by atoms with E-state index in [2.05, 4.69) is 4.90 Å². The van der Waals surface area contributed by atoms with E-state index in [4.69, 9.17) is 11.6 Å². The van der Waals surface area contributed by atoms with Crippen molar-refractivity contribution >= 4 is 17.5 Å². The van der Waals surface area contributed by atoms with Crippen molar-refractivity contribution in [2.45, 2.75) is 37.4 Å².